The molecule has 1 atom stereocenters. The molecule has 1 heterocycles. The number of aliphatic hydroxyl groups excluding tert-OH is 1. The van der Waals surface area contributed by atoms with E-state index in [1.54, 1.807) is 21.3 Å². The smallest absolute Gasteiger partial charge is 0.118 e. The molecule has 0 bridgehead atoms. The van der Waals surface area contributed by atoms with E-state index >= 15 is 0 Å². The molecule has 4 rings (SSSR count). The van der Waals surface area contributed by atoms with Crippen molar-refractivity contribution in [1.82, 2.24) is 5.32 Å². The Morgan fingerprint density at radius 1 is 0.769 bits per heavy atom. The molecule has 214 valence electrons. The lowest BCUT2D eigenvalue weighted by Gasteiger charge is -2.12. The minimum absolute atomic E-state index is 0.637. The zero-order chi connectivity index (χ0) is 29.5. The highest BCUT2D eigenvalue weighted by Crippen LogP contribution is 2.25. The Bertz CT molecular complexity index is 929. The van der Waals surface area contributed by atoms with E-state index in [0.29, 0.717) is 0 Å². The Morgan fingerprint density at radius 2 is 1.15 bits per heavy atom. The molecule has 0 saturated carbocycles. The highest BCUT2D eigenvalue weighted by molar-refractivity contribution is 5.36. The second kappa shape index (κ2) is 22.5. The summed E-state index contributed by atoms with van der Waals surface area (Å²) in [5, 5.41) is 13.6. The van der Waals surface area contributed by atoms with Crippen LogP contribution in [0.5, 0.6) is 17.2 Å². The summed E-state index contributed by atoms with van der Waals surface area (Å²) in [6.07, 6.45) is 12.5. The monoisotopic (exact) mass is 535 g/mol. The van der Waals surface area contributed by atoms with Gasteiger partial charge in [-0.2, -0.15) is 0 Å². The summed E-state index contributed by atoms with van der Waals surface area (Å²) < 4.78 is 15.2. The third kappa shape index (κ3) is 14.3. The number of methoxy groups -OCH3 is 3. The van der Waals surface area contributed by atoms with Crippen molar-refractivity contribution >= 4 is 0 Å². The van der Waals surface area contributed by atoms with Crippen LogP contribution in [-0.2, 0) is 6.42 Å². The summed E-state index contributed by atoms with van der Waals surface area (Å²) in [6, 6.07) is 23.8. The van der Waals surface area contributed by atoms with Crippen LogP contribution in [0.1, 0.15) is 69.8 Å². The lowest BCUT2D eigenvalue weighted by Crippen LogP contribution is -2.16. The van der Waals surface area contributed by atoms with E-state index in [-0.39, 0.29) is 0 Å². The third-order valence-electron chi connectivity index (χ3n) is 5.87. The van der Waals surface area contributed by atoms with E-state index in [1.165, 1.54) is 31.4 Å². The van der Waals surface area contributed by atoms with Crippen LogP contribution in [0.15, 0.2) is 72.8 Å². The molecule has 1 fully saturated rings. The minimum Gasteiger partial charge on any atom is -0.497 e. The molecule has 2 N–H and O–H groups in total. The number of ether oxygens (including phenoxy) is 3. The molecule has 1 saturated heterocycles. The Kier molecular flexibility index (Phi) is 20.5. The molecule has 0 radical (unpaired) electrons. The summed E-state index contributed by atoms with van der Waals surface area (Å²) >= 11 is 0. The summed E-state index contributed by atoms with van der Waals surface area (Å²) in [4.78, 5) is 0. The molecule has 0 aromatic heterocycles. The fraction of sp³-hybridized carbons (Fsp3) is 0.412. The van der Waals surface area contributed by atoms with E-state index in [1.807, 2.05) is 74.5 Å². The Morgan fingerprint density at radius 3 is 1.41 bits per heavy atom. The van der Waals surface area contributed by atoms with Gasteiger partial charge in [0.25, 0.3) is 0 Å². The van der Waals surface area contributed by atoms with E-state index in [2.05, 4.69) is 44.1 Å². The van der Waals surface area contributed by atoms with Crippen molar-refractivity contribution in [3.63, 3.8) is 0 Å². The lowest BCUT2D eigenvalue weighted by atomic mass is 10.0. The molecular formula is C34H49NO4. The summed E-state index contributed by atoms with van der Waals surface area (Å²) in [7, 11) is 4.93. The molecule has 3 aromatic carbocycles. The van der Waals surface area contributed by atoms with Crippen molar-refractivity contribution in [3.8, 4) is 30.1 Å². The first-order chi connectivity index (χ1) is 19.0. The van der Waals surface area contributed by atoms with Crippen molar-refractivity contribution in [2.45, 2.75) is 65.5 Å². The first-order valence-corrected chi connectivity index (χ1v) is 13.7. The second-order valence-corrected chi connectivity index (χ2v) is 8.54. The molecule has 1 aliphatic heterocycles. The Balaban J connectivity index is 0.000000583. The second-order valence-electron chi connectivity index (χ2n) is 8.54. The van der Waals surface area contributed by atoms with Crippen LogP contribution in [0, 0.1) is 12.8 Å². The van der Waals surface area contributed by atoms with Gasteiger partial charge in [0.2, 0.25) is 0 Å². The summed E-state index contributed by atoms with van der Waals surface area (Å²) in [5.41, 5.74) is 3.05. The summed E-state index contributed by atoms with van der Waals surface area (Å²) in [6.45, 7) is 9.65. The topological polar surface area (TPSA) is 60.0 Å². The van der Waals surface area contributed by atoms with Crippen molar-refractivity contribution < 1.29 is 19.3 Å². The Labute approximate surface area is 237 Å². The van der Waals surface area contributed by atoms with E-state index in [0.717, 1.165) is 40.8 Å². The van der Waals surface area contributed by atoms with Gasteiger partial charge >= 0.3 is 0 Å². The molecule has 3 aromatic rings. The first kappa shape index (κ1) is 35.5. The minimum atomic E-state index is -0.637. The van der Waals surface area contributed by atoms with E-state index in [4.69, 9.17) is 14.2 Å². The van der Waals surface area contributed by atoms with Crippen molar-refractivity contribution in [3.05, 3.63) is 89.5 Å². The fourth-order valence-electron chi connectivity index (χ4n) is 3.70. The number of hydrogen-bond donors (Lipinski definition) is 2. The number of terminal acetylenes is 1. The van der Waals surface area contributed by atoms with Crippen LogP contribution in [0.2, 0.25) is 0 Å². The lowest BCUT2D eigenvalue weighted by molar-refractivity contribution is 0.220. The standard InChI is InChI=1S/C15H16O3.C10H14O.C5H11N.C2H6.C2H2/c1-17-13-7-3-11(4-8-13)15(16)12-5-9-14(18-2)10-6-12;1-3-4-9-5-7-10(11-2)8-6-9;1-5-3-2-4-6-5;2*1-2/h3-10,15-16H,1-2H3;5-8H,3-4H2,1-2H3;5-6H,2-4H2,1H3;1-2H3;1-2H. The van der Waals surface area contributed by atoms with Gasteiger partial charge in [0, 0.05) is 6.04 Å². The van der Waals surface area contributed by atoms with Gasteiger partial charge in [-0.3, -0.25) is 0 Å². The average molecular weight is 536 g/mol. The first-order valence-electron chi connectivity index (χ1n) is 13.7. The predicted molar refractivity (Wildman–Crippen MR) is 165 cm³/mol. The maximum Gasteiger partial charge on any atom is 0.118 e. The number of aryl methyl sites for hydroxylation is 1. The molecular weight excluding hydrogens is 486 g/mol. The third-order valence-corrected chi connectivity index (χ3v) is 5.87. The van der Waals surface area contributed by atoms with Crippen LogP contribution in [0.25, 0.3) is 0 Å². The molecule has 39 heavy (non-hydrogen) atoms. The molecule has 0 amide bonds. The normalized spacial score (nSPS) is 13.1. The molecule has 0 spiro atoms. The zero-order valence-corrected chi connectivity index (χ0v) is 24.9. The molecule has 0 aliphatic carbocycles. The van der Waals surface area contributed by atoms with Gasteiger partial charge in [0.15, 0.2) is 0 Å². The van der Waals surface area contributed by atoms with Crippen LogP contribution < -0.4 is 19.5 Å². The maximum absolute atomic E-state index is 10.2. The van der Waals surface area contributed by atoms with E-state index < -0.39 is 6.10 Å². The number of benzene rings is 3. The molecule has 1 unspecified atom stereocenters. The fourth-order valence-corrected chi connectivity index (χ4v) is 3.70. The largest absolute Gasteiger partial charge is 0.497 e. The molecule has 5 nitrogen and oxygen atoms in total. The maximum atomic E-state index is 10.2. The highest BCUT2D eigenvalue weighted by Gasteiger charge is 2.10. The number of hydrogen-bond acceptors (Lipinski definition) is 5. The van der Waals surface area contributed by atoms with Crippen LogP contribution in [0.3, 0.4) is 0 Å². The van der Waals surface area contributed by atoms with Gasteiger partial charge in [-0.25, -0.2) is 0 Å². The van der Waals surface area contributed by atoms with Gasteiger partial charge in [-0.15, -0.1) is 12.8 Å². The zero-order valence-electron chi connectivity index (χ0n) is 24.9. The van der Waals surface area contributed by atoms with Gasteiger partial charge in [-0.05, 0) is 85.8 Å². The molecule has 1 aliphatic rings. The van der Waals surface area contributed by atoms with Gasteiger partial charge < -0.3 is 24.6 Å². The van der Waals surface area contributed by atoms with Crippen molar-refractivity contribution in [2.24, 2.45) is 0 Å². The van der Waals surface area contributed by atoms with Crippen LogP contribution >= 0.6 is 0 Å². The van der Waals surface area contributed by atoms with Gasteiger partial charge in [0.1, 0.15) is 23.4 Å². The van der Waals surface area contributed by atoms with Gasteiger partial charge in [-0.1, -0.05) is 63.6 Å². The van der Waals surface area contributed by atoms with Crippen LogP contribution in [0.4, 0.5) is 0 Å². The number of aliphatic hydroxyl groups is 1. The SMILES string of the molecule is C#C.CC.CC1CCCN1.CCCc1ccc(OC)cc1.COc1ccc(C(O)c2ccc(OC)cc2)cc1. The molecule has 5 heteroatoms. The predicted octanol–water partition coefficient (Wildman–Crippen LogP) is 7.47. The van der Waals surface area contributed by atoms with Crippen molar-refractivity contribution in [1.29, 1.82) is 0 Å². The Hall–Kier alpha value is -3.46. The van der Waals surface area contributed by atoms with E-state index in [9.17, 15) is 5.11 Å². The quantitative estimate of drug-likeness (QED) is 0.307. The van der Waals surface area contributed by atoms with Crippen LogP contribution in [-0.4, -0.2) is 39.0 Å². The van der Waals surface area contributed by atoms with Crippen molar-refractivity contribution in [2.75, 3.05) is 27.9 Å². The number of rotatable bonds is 7. The number of nitrogens with one attached hydrogen (secondary N) is 1. The average Bonchev–Trinajstić information content (AvgIpc) is 3.51. The highest BCUT2D eigenvalue weighted by atomic mass is 16.5. The summed E-state index contributed by atoms with van der Waals surface area (Å²) in [5.74, 6) is 2.49. The van der Waals surface area contributed by atoms with Gasteiger partial charge in [0.05, 0.1) is 21.3 Å².